The number of hydrogen-bond acceptors (Lipinski definition) is 6. The van der Waals surface area contributed by atoms with Crippen molar-refractivity contribution < 1.29 is 19.1 Å². The van der Waals surface area contributed by atoms with Crippen LogP contribution in [0.3, 0.4) is 0 Å². The molecule has 0 bridgehead atoms. The van der Waals surface area contributed by atoms with E-state index in [9.17, 15) is 14.4 Å². The molecule has 3 N–H and O–H groups in total. The van der Waals surface area contributed by atoms with Crippen molar-refractivity contribution >= 4 is 41.8 Å². The highest BCUT2D eigenvalue weighted by molar-refractivity contribution is 7.84. The fourth-order valence-electron chi connectivity index (χ4n) is 2.46. The molecule has 0 spiro atoms. The number of fused-ring (bicyclic) bond motifs is 1. The molecule has 26 heavy (non-hydrogen) atoms. The van der Waals surface area contributed by atoms with Crippen molar-refractivity contribution in [1.82, 2.24) is 5.32 Å². The molecule has 2 amide bonds. The summed E-state index contributed by atoms with van der Waals surface area (Å²) in [5, 5.41) is 8.40. The van der Waals surface area contributed by atoms with Gasteiger partial charge in [0.1, 0.15) is 6.04 Å². The summed E-state index contributed by atoms with van der Waals surface area (Å²) in [6.07, 6.45) is 1.59. The highest BCUT2D eigenvalue weighted by Crippen LogP contribution is 2.26. The first-order valence-corrected chi connectivity index (χ1v) is 8.43. The molecule has 0 saturated carbocycles. The van der Waals surface area contributed by atoms with Crippen molar-refractivity contribution in [2.24, 2.45) is 0 Å². The van der Waals surface area contributed by atoms with Gasteiger partial charge in [0.15, 0.2) is 0 Å². The zero-order valence-electron chi connectivity index (χ0n) is 14.8. The van der Waals surface area contributed by atoms with Crippen molar-refractivity contribution in [3.63, 3.8) is 0 Å². The lowest BCUT2D eigenvalue weighted by Gasteiger charge is -2.26. The third kappa shape index (κ3) is 4.45. The van der Waals surface area contributed by atoms with Gasteiger partial charge in [0.2, 0.25) is 11.8 Å². The van der Waals surface area contributed by atoms with Gasteiger partial charge in [-0.3, -0.25) is 9.59 Å². The number of anilines is 2. The highest BCUT2D eigenvalue weighted by atomic mass is 32.1. The number of ether oxygens (including phenoxy) is 1. The molecule has 1 heterocycles. The molecule has 2 rings (SSSR count). The summed E-state index contributed by atoms with van der Waals surface area (Å²) in [5.41, 5.74) is 2.19. The molecule has 0 saturated heterocycles. The maximum atomic E-state index is 12.3. The zero-order chi connectivity index (χ0) is 19.3. The topological polar surface area (TPSA) is 96.5 Å². The quantitative estimate of drug-likeness (QED) is 0.274. The molecule has 0 fully saturated rings. The number of carbonyl (C=O) groups is 3. The number of nitrogens with one attached hydrogen (secondary N) is 3. The number of allylic oxidation sites excluding steroid dienone is 1. The van der Waals surface area contributed by atoms with Crippen molar-refractivity contribution in [3.8, 4) is 0 Å². The van der Waals surface area contributed by atoms with Gasteiger partial charge in [0.05, 0.1) is 35.5 Å². The van der Waals surface area contributed by atoms with E-state index in [1.807, 2.05) is 18.2 Å². The Kier molecular flexibility index (Phi) is 6.46. The average molecular weight is 375 g/mol. The van der Waals surface area contributed by atoms with Gasteiger partial charge in [-0.25, -0.2) is 4.79 Å². The van der Waals surface area contributed by atoms with Crippen LogP contribution in [0.2, 0.25) is 0 Å². The van der Waals surface area contributed by atoms with E-state index in [2.05, 4.69) is 28.6 Å². The SMILES string of the molecule is C/C=C(C)/C(C(=O)OC)=C(\S)NC(=O)CC1Nc2ccccc2NC1=O. The highest BCUT2D eigenvalue weighted by Gasteiger charge is 2.28. The number of rotatable bonds is 5. The molecule has 0 aromatic heterocycles. The zero-order valence-corrected chi connectivity index (χ0v) is 15.6. The van der Waals surface area contributed by atoms with Crippen molar-refractivity contribution in [3.05, 3.63) is 46.5 Å². The number of esters is 1. The van der Waals surface area contributed by atoms with Gasteiger partial charge in [0, 0.05) is 0 Å². The van der Waals surface area contributed by atoms with E-state index in [1.54, 1.807) is 26.0 Å². The fourth-order valence-corrected chi connectivity index (χ4v) is 2.85. The number of carbonyl (C=O) groups excluding carboxylic acids is 3. The van der Waals surface area contributed by atoms with E-state index in [-0.39, 0.29) is 22.9 Å². The van der Waals surface area contributed by atoms with Crippen molar-refractivity contribution in [2.45, 2.75) is 26.3 Å². The largest absolute Gasteiger partial charge is 0.465 e. The average Bonchev–Trinajstić information content (AvgIpc) is 2.61. The van der Waals surface area contributed by atoms with Gasteiger partial charge in [-0.05, 0) is 31.6 Å². The van der Waals surface area contributed by atoms with E-state index in [1.165, 1.54) is 7.11 Å². The molecule has 7 nitrogen and oxygen atoms in total. The van der Waals surface area contributed by atoms with Gasteiger partial charge in [0.25, 0.3) is 0 Å². The second kappa shape index (κ2) is 8.57. The second-order valence-corrected chi connectivity index (χ2v) is 6.12. The van der Waals surface area contributed by atoms with Crippen LogP contribution in [0.5, 0.6) is 0 Å². The molecule has 1 atom stereocenters. The smallest absolute Gasteiger partial charge is 0.340 e. The summed E-state index contributed by atoms with van der Waals surface area (Å²) < 4.78 is 4.73. The molecule has 0 radical (unpaired) electrons. The van der Waals surface area contributed by atoms with E-state index >= 15 is 0 Å². The first-order valence-electron chi connectivity index (χ1n) is 7.98. The fraction of sp³-hybridized carbons (Fsp3) is 0.278. The van der Waals surface area contributed by atoms with Crippen LogP contribution >= 0.6 is 12.6 Å². The molecule has 1 aliphatic rings. The van der Waals surface area contributed by atoms with Crippen LogP contribution in [0.4, 0.5) is 11.4 Å². The minimum atomic E-state index is -0.726. The third-order valence-electron chi connectivity index (χ3n) is 3.93. The number of thiol groups is 1. The third-order valence-corrected chi connectivity index (χ3v) is 4.27. The molecular weight excluding hydrogens is 354 g/mol. The lowest BCUT2D eigenvalue weighted by atomic mass is 10.1. The van der Waals surface area contributed by atoms with E-state index in [0.29, 0.717) is 11.3 Å². The molecule has 8 heteroatoms. The summed E-state index contributed by atoms with van der Waals surface area (Å²) in [5.74, 6) is -1.36. The van der Waals surface area contributed by atoms with Crippen LogP contribution in [-0.4, -0.2) is 30.9 Å². The minimum absolute atomic E-state index is 0.0778. The van der Waals surface area contributed by atoms with Gasteiger partial charge < -0.3 is 20.7 Å². The van der Waals surface area contributed by atoms with Crippen LogP contribution < -0.4 is 16.0 Å². The summed E-state index contributed by atoms with van der Waals surface area (Å²) in [7, 11) is 1.25. The lowest BCUT2D eigenvalue weighted by Crippen LogP contribution is -2.42. The van der Waals surface area contributed by atoms with Crippen LogP contribution in [0, 0.1) is 0 Å². The Balaban J connectivity index is 2.11. The van der Waals surface area contributed by atoms with E-state index in [0.717, 1.165) is 5.69 Å². The summed E-state index contributed by atoms with van der Waals surface area (Å²) in [6.45, 7) is 3.47. The maximum absolute atomic E-state index is 12.3. The molecule has 1 unspecified atom stereocenters. The van der Waals surface area contributed by atoms with Gasteiger partial charge in [-0.2, -0.15) is 0 Å². The number of para-hydroxylation sites is 2. The van der Waals surface area contributed by atoms with Gasteiger partial charge >= 0.3 is 5.97 Å². The minimum Gasteiger partial charge on any atom is -0.465 e. The summed E-state index contributed by atoms with van der Waals surface area (Å²) in [6, 6.07) is 6.50. The number of amides is 2. The number of benzene rings is 1. The first kappa shape index (κ1) is 19.6. The Labute approximate surface area is 157 Å². The van der Waals surface area contributed by atoms with Crippen LogP contribution in [0.1, 0.15) is 20.3 Å². The van der Waals surface area contributed by atoms with Crippen LogP contribution in [-0.2, 0) is 19.1 Å². The maximum Gasteiger partial charge on any atom is 0.340 e. The standard InChI is InChI=1S/C18H21N3O4S/c1-4-10(2)15(18(24)25-3)17(26)21-14(22)9-13-16(23)20-12-8-6-5-7-11(12)19-13/h4-8,13,19,26H,9H2,1-3H3,(H,20,23)(H,21,22)/b10-4+,17-15+. The van der Waals surface area contributed by atoms with Crippen LogP contribution in [0.25, 0.3) is 0 Å². The molecular formula is C18H21N3O4S. The molecule has 138 valence electrons. The summed E-state index contributed by atoms with van der Waals surface area (Å²) >= 11 is 4.22. The Morgan fingerprint density at radius 3 is 2.58 bits per heavy atom. The first-order chi connectivity index (χ1) is 12.4. The molecule has 0 aliphatic carbocycles. The van der Waals surface area contributed by atoms with Crippen LogP contribution in [0.15, 0.2) is 46.5 Å². The predicted molar refractivity (Wildman–Crippen MR) is 103 cm³/mol. The normalized spacial score (nSPS) is 17.3. The predicted octanol–water partition coefficient (Wildman–Crippen LogP) is 2.21. The second-order valence-electron chi connectivity index (χ2n) is 5.67. The van der Waals surface area contributed by atoms with Gasteiger partial charge in [-0.1, -0.05) is 18.2 Å². The van der Waals surface area contributed by atoms with Crippen molar-refractivity contribution in [1.29, 1.82) is 0 Å². The molecule has 1 aromatic rings. The molecule has 1 aliphatic heterocycles. The number of hydrogen-bond donors (Lipinski definition) is 4. The van der Waals surface area contributed by atoms with E-state index < -0.39 is 17.9 Å². The molecule has 1 aromatic carbocycles. The van der Waals surface area contributed by atoms with E-state index in [4.69, 9.17) is 4.74 Å². The Morgan fingerprint density at radius 1 is 1.31 bits per heavy atom. The summed E-state index contributed by atoms with van der Waals surface area (Å²) in [4.78, 5) is 36.4. The van der Waals surface area contributed by atoms with Gasteiger partial charge in [-0.15, -0.1) is 12.6 Å². The lowest BCUT2D eigenvalue weighted by molar-refractivity contribution is -0.135. The Bertz CT molecular complexity index is 801. The monoisotopic (exact) mass is 375 g/mol. The Morgan fingerprint density at radius 2 is 1.96 bits per heavy atom. The van der Waals surface area contributed by atoms with Crippen molar-refractivity contribution in [2.75, 3.05) is 17.7 Å². The Hall–Kier alpha value is -2.74. The number of methoxy groups -OCH3 is 1.